The standard InChI is InChI=1S/C21H28N2O2/c1-16-13-17(6-12-25-16)15-23-10-7-21(24,8-11-23)20-4-2-3-18-14-22-9-5-19(18)20/h2-5,9,14,16-17,24H,6-8,10-13,15H2,1H3. The second-order valence-electron chi connectivity index (χ2n) is 7.81. The number of aromatic nitrogens is 1. The van der Waals surface area contributed by atoms with Gasteiger partial charge in [-0.2, -0.15) is 0 Å². The number of hydrogen-bond acceptors (Lipinski definition) is 4. The number of pyridine rings is 1. The van der Waals surface area contributed by atoms with Crippen LogP contribution < -0.4 is 0 Å². The van der Waals surface area contributed by atoms with Gasteiger partial charge in [0.1, 0.15) is 0 Å². The highest BCUT2D eigenvalue weighted by molar-refractivity contribution is 5.85. The Labute approximate surface area is 149 Å². The van der Waals surface area contributed by atoms with Gasteiger partial charge in [-0.05, 0) is 55.5 Å². The van der Waals surface area contributed by atoms with Crippen LogP contribution in [0.5, 0.6) is 0 Å². The lowest BCUT2D eigenvalue weighted by Crippen LogP contribution is -2.45. The summed E-state index contributed by atoms with van der Waals surface area (Å²) in [6.07, 6.45) is 8.02. The van der Waals surface area contributed by atoms with Crippen LogP contribution in [0.15, 0.2) is 36.7 Å². The summed E-state index contributed by atoms with van der Waals surface area (Å²) in [6.45, 7) is 6.14. The van der Waals surface area contributed by atoms with Gasteiger partial charge in [0.2, 0.25) is 0 Å². The monoisotopic (exact) mass is 340 g/mol. The molecular weight excluding hydrogens is 312 g/mol. The van der Waals surface area contributed by atoms with Gasteiger partial charge < -0.3 is 14.7 Å². The summed E-state index contributed by atoms with van der Waals surface area (Å²) in [5.74, 6) is 0.735. The molecule has 0 amide bonds. The lowest BCUT2D eigenvalue weighted by atomic mass is 9.82. The van der Waals surface area contributed by atoms with Crippen molar-refractivity contribution < 1.29 is 9.84 Å². The van der Waals surface area contributed by atoms with Crippen LogP contribution in [0.25, 0.3) is 10.8 Å². The zero-order valence-electron chi connectivity index (χ0n) is 15.0. The number of rotatable bonds is 3. The normalized spacial score (nSPS) is 27.4. The number of ether oxygens (including phenoxy) is 1. The maximum atomic E-state index is 11.3. The summed E-state index contributed by atoms with van der Waals surface area (Å²) >= 11 is 0. The number of piperidine rings is 1. The van der Waals surface area contributed by atoms with E-state index in [1.165, 1.54) is 6.42 Å². The van der Waals surface area contributed by atoms with E-state index in [9.17, 15) is 5.11 Å². The maximum absolute atomic E-state index is 11.3. The summed E-state index contributed by atoms with van der Waals surface area (Å²) in [5.41, 5.74) is 0.340. The number of aliphatic hydroxyl groups is 1. The molecule has 1 N–H and O–H groups in total. The fourth-order valence-electron chi connectivity index (χ4n) is 4.53. The van der Waals surface area contributed by atoms with Gasteiger partial charge in [-0.1, -0.05) is 18.2 Å². The molecule has 2 saturated heterocycles. The molecule has 0 aliphatic carbocycles. The highest BCUT2D eigenvalue weighted by Gasteiger charge is 2.35. The van der Waals surface area contributed by atoms with Crippen LogP contribution in [0.3, 0.4) is 0 Å². The van der Waals surface area contributed by atoms with E-state index in [4.69, 9.17) is 4.74 Å². The van der Waals surface area contributed by atoms with Crippen LogP contribution in [0, 0.1) is 5.92 Å². The van der Waals surface area contributed by atoms with Crippen molar-refractivity contribution in [2.24, 2.45) is 5.92 Å². The topological polar surface area (TPSA) is 45.6 Å². The molecular formula is C21H28N2O2. The summed E-state index contributed by atoms with van der Waals surface area (Å²) in [7, 11) is 0. The second kappa shape index (κ2) is 7.02. The minimum Gasteiger partial charge on any atom is -0.385 e. The molecule has 1 aromatic heterocycles. The van der Waals surface area contributed by atoms with E-state index < -0.39 is 5.60 Å². The second-order valence-corrected chi connectivity index (χ2v) is 7.81. The summed E-state index contributed by atoms with van der Waals surface area (Å²) in [4.78, 5) is 6.74. The lowest BCUT2D eigenvalue weighted by Gasteiger charge is -2.41. The Kier molecular flexibility index (Phi) is 4.76. The van der Waals surface area contributed by atoms with Gasteiger partial charge in [0.15, 0.2) is 0 Å². The molecule has 25 heavy (non-hydrogen) atoms. The molecule has 2 aromatic rings. The van der Waals surface area contributed by atoms with Gasteiger partial charge in [0.25, 0.3) is 0 Å². The quantitative estimate of drug-likeness (QED) is 0.931. The van der Waals surface area contributed by atoms with E-state index in [1.807, 2.05) is 24.5 Å². The highest BCUT2D eigenvalue weighted by atomic mass is 16.5. The van der Waals surface area contributed by atoms with Gasteiger partial charge in [-0.15, -0.1) is 0 Å². The highest BCUT2D eigenvalue weighted by Crippen LogP contribution is 2.37. The SMILES string of the molecule is CC1CC(CN2CCC(O)(c3cccc4cnccc34)CC2)CCO1. The van der Waals surface area contributed by atoms with Crippen molar-refractivity contribution in [2.45, 2.75) is 44.3 Å². The maximum Gasteiger partial charge on any atom is 0.0926 e. The molecule has 0 bridgehead atoms. The first-order valence-corrected chi connectivity index (χ1v) is 9.54. The Bertz CT molecular complexity index is 719. The molecule has 0 spiro atoms. The fraction of sp³-hybridized carbons (Fsp3) is 0.571. The summed E-state index contributed by atoms with van der Waals surface area (Å²) in [5, 5.41) is 13.6. The Morgan fingerprint density at radius 3 is 2.92 bits per heavy atom. The van der Waals surface area contributed by atoms with E-state index >= 15 is 0 Å². The van der Waals surface area contributed by atoms with Crippen molar-refractivity contribution in [3.63, 3.8) is 0 Å². The third kappa shape index (κ3) is 3.57. The first-order valence-electron chi connectivity index (χ1n) is 9.54. The fourth-order valence-corrected chi connectivity index (χ4v) is 4.53. The Morgan fingerprint density at radius 1 is 1.28 bits per heavy atom. The smallest absolute Gasteiger partial charge is 0.0926 e. The molecule has 4 rings (SSSR count). The van der Waals surface area contributed by atoms with Crippen LogP contribution in [0.4, 0.5) is 0 Å². The molecule has 2 atom stereocenters. The van der Waals surface area contributed by atoms with Gasteiger partial charge in [0.05, 0.1) is 11.7 Å². The average molecular weight is 340 g/mol. The molecule has 3 heterocycles. The Morgan fingerprint density at radius 2 is 2.12 bits per heavy atom. The molecule has 0 radical (unpaired) electrons. The van der Waals surface area contributed by atoms with Crippen LogP contribution in [0.1, 0.15) is 38.2 Å². The molecule has 4 heteroatoms. The Balaban J connectivity index is 1.45. The average Bonchev–Trinajstić information content (AvgIpc) is 2.63. The van der Waals surface area contributed by atoms with Crippen molar-refractivity contribution in [1.29, 1.82) is 0 Å². The summed E-state index contributed by atoms with van der Waals surface area (Å²) < 4.78 is 5.67. The number of nitrogens with zero attached hydrogens (tertiary/aromatic N) is 2. The number of fused-ring (bicyclic) bond motifs is 1. The molecule has 2 aliphatic rings. The minimum absolute atomic E-state index is 0.393. The molecule has 0 saturated carbocycles. The third-order valence-corrected chi connectivity index (χ3v) is 5.98. The Hall–Kier alpha value is -1.49. The molecule has 134 valence electrons. The molecule has 2 fully saturated rings. The van der Waals surface area contributed by atoms with E-state index in [1.54, 1.807) is 0 Å². The van der Waals surface area contributed by atoms with Gasteiger partial charge in [-0.3, -0.25) is 4.98 Å². The first kappa shape index (κ1) is 17.0. The first-order chi connectivity index (χ1) is 12.1. The molecule has 4 nitrogen and oxygen atoms in total. The van der Waals surface area contributed by atoms with Crippen LogP contribution in [0.2, 0.25) is 0 Å². The van der Waals surface area contributed by atoms with Gasteiger partial charge >= 0.3 is 0 Å². The van der Waals surface area contributed by atoms with Crippen molar-refractivity contribution in [1.82, 2.24) is 9.88 Å². The number of hydrogen-bond donors (Lipinski definition) is 1. The molecule has 2 aliphatic heterocycles. The predicted molar refractivity (Wildman–Crippen MR) is 99.5 cm³/mol. The molecule has 1 aromatic carbocycles. The van der Waals surface area contributed by atoms with Crippen molar-refractivity contribution >= 4 is 10.8 Å². The van der Waals surface area contributed by atoms with Crippen LogP contribution in [-0.4, -0.2) is 47.3 Å². The van der Waals surface area contributed by atoms with Crippen LogP contribution >= 0.6 is 0 Å². The van der Waals surface area contributed by atoms with Crippen molar-refractivity contribution in [2.75, 3.05) is 26.2 Å². The lowest BCUT2D eigenvalue weighted by molar-refractivity contribution is -0.0406. The number of benzene rings is 1. The molecule has 2 unspecified atom stereocenters. The minimum atomic E-state index is -0.722. The van der Waals surface area contributed by atoms with Crippen molar-refractivity contribution in [3.05, 3.63) is 42.2 Å². The zero-order valence-corrected chi connectivity index (χ0v) is 15.0. The van der Waals surface area contributed by atoms with Gasteiger partial charge in [-0.25, -0.2) is 0 Å². The zero-order chi connectivity index (χ0) is 17.3. The summed E-state index contributed by atoms with van der Waals surface area (Å²) in [6, 6.07) is 8.21. The largest absolute Gasteiger partial charge is 0.385 e. The van der Waals surface area contributed by atoms with E-state index in [0.29, 0.717) is 6.10 Å². The van der Waals surface area contributed by atoms with Crippen molar-refractivity contribution in [3.8, 4) is 0 Å². The predicted octanol–water partition coefficient (Wildman–Crippen LogP) is 3.33. The van der Waals surface area contributed by atoms with Gasteiger partial charge in [0, 0.05) is 44.0 Å². The van der Waals surface area contributed by atoms with E-state index in [2.05, 4.69) is 28.9 Å². The van der Waals surface area contributed by atoms with Crippen LogP contribution in [-0.2, 0) is 10.3 Å². The van der Waals surface area contributed by atoms with E-state index in [0.717, 1.165) is 67.8 Å². The third-order valence-electron chi connectivity index (χ3n) is 5.98. The number of likely N-dealkylation sites (tertiary alicyclic amines) is 1. The van der Waals surface area contributed by atoms with E-state index in [-0.39, 0.29) is 0 Å².